The number of rotatable bonds is 3. The summed E-state index contributed by atoms with van der Waals surface area (Å²) in [6, 6.07) is 0. The van der Waals surface area contributed by atoms with E-state index in [1.165, 1.54) is 0 Å². The van der Waals surface area contributed by atoms with Crippen molar-refractivity contribution >= 4 is 5.91 Å². The normalized spacial score (nSPS) is 19.0. The second kappa shape index (κ2) is 5.16. The van der Waals surface area contributed by atoms with Gasteiger partial charge in [0.05, 0.1) is 19.8 Å². The molecule has 1 N–H and O–H groups in total. The molecule has 1 aliphatic heterocycles. The Balaban J connectivity index is 2.18. The average molecular weight is 187 g/mol. The number of hydrogen-bond donors (Lipinski definition) is 1. The van der Waals surface area contributed by atoms with Crippen molar-refractivity contribution in [2.75, 3.05) is 46.9 Å². The van der Waals surface area contributed by atoms with E-state index in [1.807, 2.05) is 24.0 Å². The molecule has 5 heteroatoms. The second-order valence-corrected chi connectivity index (χ2v) is 3.37. The fourth-order valence-corrected chi connectivity index (χ4v) is 1.17. The van der Waals surface area contributed by atoms with Crippen molar-refractivity contribution in [3.8, 4) is 0 Å². The standard InChI is InChI=1S/C8H17N3O2/c1-10(2)7-8(12)9-11-3-5-13-6-4-11/h3-7H2,1-2H3,(H,9,12). The molecule has 0 unspecified atom stereocenters. The minimum absolute atomic E-state index is 0.0342. The van der Waals surface area contributed by atoms with Crippen molar-refractivity contribution in [1.82, 2.24) is 15.3 Å². The van der Waals surface area contributed by atoms with Crippen LogP contribution in [0.5, 0.6) is 0 Å². The average Bonchev–Trinajstić information content (AvgIpc) is 2.04. The lowest BCUT2D eigenvalue weighted by molar-refractivity contribution is -0.128. The van der Waals surface area contributed by atoms with Gasteiger partial charge in [0.15, 0.2) is 0 Å². The highest BCUT2D eigenvalue weighted by molar-refractivity contribution is 5.77. The van der Waals surface area contributed by atoms with E-state index in [1.54, 1.807) is 0 Å². The maximum Gasteiger partial charge on any atom is 0.248 e. The van der Waals surface area contributed by atoms with Crippen LogP contribution in [0, 0.1) is 0 Å². The van der Waals surface area contributed by atoms with Gasteiger partial charge in [-0.05, 0) is 14.1 Å². The quantitative estimate of drug-likeness (QED) is 0.610. The molecule has 1 heterocycles. The van der Waals surface area contributed by atoms with E-state index in [4.69, 9.17) is 4.74 Å². The molecule has 0 aromatic carbocycles. The molecule has 5 nitrogen and oxygen atoms in total. The largest absolute Gasteiger partial charge is 0.379 e. The maximum atomic E-state index is 11.3. The Kier molecular flexibility index (Phi) is 4.14. The third kappa shape index (κ3) is 4.21. The fourth-order valence-electron chi connectivity index (χ4n) is 1.17. The third-order valence-electron chi connectivity index (χ3n) is 1.75. The first-order valence-corrected chi connectivity index (χ1v) is 4.45. The van der Waals surface area contributed by atoms with Crippen LogP contribution in [0.4, 0.5) is 0 Å². The number of amides is 1. The monoisotopic (exact) mass is 187 g/mol. The van der Waals surface area contributed by atoms with Crippen LogP contribution < -0.4 is 5.43 Å². The molecular weight excluding hydrogens is 170 g/mol. The van der Waals surface area contributed by atoms with Crippen LogP contribution in [0.1, 0.15) is 0 Å². The van der Waals surface area contributed by atoms with Gasteiger partial charge in [0.1, 0.15) is 0 Å². The first kappa shape index (κ1) is 10.4. The zero-order valence-corrected chi connectivity index (χ0v) is 8.25. The zero-order valence-electron chi connectivity index (χ0n) is 8.25. The molecule has 1 saturated heterocycles. The predicted octanol–water partition coefficient (Wildman–Crippen LogP) is -1.09. The molecule has 1 amide bonds. The van der Waals surface area contributed by atoms with Gasteiger partial charge in [-0.1, -0.05) is 0 Å². The number of hydrogen-bond acceptors (Lipinski definition) is 4. The summed E-state index contributed by atoms with van der Waals surface area (Å²) in [5, 5.41) is 1.90. The highest BCUT2D eigenvalue weighted by Crippen LogP contribution is 1.91. The Labute approximate surface area is 78.6 Å². The number of nitrogens with one attached hydrogen (secondary N) is 1. The maximum absolute atomic E-state index is 11.3. The number of carbonyl (C=O) groups is 1. The second-order valence-electron chi connectivity index (χ2n) is 3.37. The molecule has 0 spiro atoms. The van der Waals surface area contributed by atoms with Gasteiger partial charge in [-0.15, -0.1) is 0 Å². The highest BCUT2D eigenvalue weighted by atomic mass is 16.5. The number of morpholine rings is 1. The molecule has 0 bridgehead atoms. The van der Waals surface area contributed by atoms with Gasteiger partial charge in [-0.25, -0.2) is 5.01 Å². The van der Waals surface area contributed by atoms with Crippen LogP contribution in [-0.4, -0.2) is 62.8 Å². The van der Waals surface area contributed by atoms with Gasteiger partial charge < -0.3 is 9.64 Å². The number of carbonyl (C=O) groups excluding carboxylic acids is 1. The molecule has 0 aromatic heterocycles. The van der Waals surface area contributed by atoms with Gasteiger partial charge in [0.25, 0.3) is 0 Å². The molecule has 0 atom stereocenters. The van der Waals surface area contributed by atoms with E-state index in [2.05, 4.69) is 5.43 Å². The molecule has 1 aliphatic rings. The van der Waals surface area contributed by atoms with Crippen molar-refractivity contribution in [3.63, 3.8) is 0 Å². The summed E-state index contributed by atoms with van der Waals surface area (Å²) in [5.74, 6) is 0.0342. The van der Waals surface area contributed by atoms with Crippen molar-refractivity contribution in [3.05, 3.63) is 0 Å². The molecule has 76 valence electrons. The van der Waals surface area contributed by atoms with Crippen LogP contribution in [0.15, 0.2) is 0 Å². The molecule has 13 heavy (non-hydrogen) atoms. The third-order valence-corrected chi connectivity index (χ3v) is 1.75. The van der Waals surface area contributed by atoms with E-state index in [0.29, 0.717) is 19.8 Å². The van der Waals surface area contributed by atoms with Gasteiger partial charge in [0.2, 0.25) is 5.91 Å². The minimum Gasteiger partial charge on any atom is -0.379 e. The molecule has 0 saturated carbocycles. The highest BCUT2D eigenvalue weighted by Gasteiger charge is 2.12. The van der Waals surface area contributed by atoms with Crippen LogP contribution in [0.2, 0.25) is 0 Å². The summed E-state index contributed by atoms with van der Waals surface area (Å²) >= 11 is 0. The number of likely N-dealkylation sites (N-methyl/N-ethyl adjacent to an activating group) is 1. The summed E-state index contributed by atoms with van der Waals surface area (Å²) in [7, 11) is 3.75. The van der Waals surface area contributed by atoms with Gasteiger partial charge >= 0.3 is 0 Å². The Morgan fingerprint density at radius 1 is 1.46 bits per heavy atom. The summed E-state index contributed by atoms with van der Waals surface area (Å²) in [6.07, 6.45) is 0. The Bertz CT molecular complexity index is 167. The zero-order chi connectivity index (χ0) is 9.68. The van der Waals surface area contributed by atoms with Crippen molar-refractivity contribution in [2.24, 2.45) is 0 Å². The van der Waals surface area contributed by atoms with Gasteiger partial charge in [-0.2, -0.15) is 0 Å². The molecule has 0 aliphatic carbocycles. The Morgan fingerprint density at radius 2 is 2.08 bits per heavy atom. The molecule has 0 radical (unpaired) electrons. The SMILES string of the molecule is CN(C)CC(=O)NN1CCOCC1. The summed E-state index contributed by atoms with van der Waals surface area (Å²) in [5.41, 5.74) is 2.82. The Hall–Kier alpha value is -0.650. The summed E-state index contributed by atoms with van der Waals surface area (Å²) in [6.45, 7) is 3.38. The predicted molar refractivity (Wildman–Crippen MR) is 49.1 cm³/mol. The van der Waals surface area contributed by atoms with E-state index >= 15 is 0 Å². The van der Waals surface area contributed by atoms with Gasteiger partial charge in [0, 0.05) is 13.1 Å². The van der Waals surface area contributed by atoms with E-state index in [-0.39, 0.29) is 5.91 Å². The topological polar surface area (TPSA) is 44.8 Å². The van der Waals surface area contributed by atoms with Crippen molar-refractivity contribution in [1.29, 1.82) is 0 Å². The minimum atomic E-state index is 0.0342. The number of nitrogens with zero attached hydrogens (tertiary/aromatic N) is 2. The Morgan fingerprint density at radius 3 is 2.62 bits per heavy atom. The van der Waals surface area contributed by atoms with Crippen LogP contribution in [0.3, 0.4) is 0 Å². The van der Waals surface area contributed by atoms with Crippen molar-refractivity contribution < 1.29 is 9.53 Å². The van der Waals surface area contributed by atoms with E-state index in [9.17, 15) is 4.79 Å². The number of ether oxygens (including phenoxy) is 1. The lowest BCUT2D eigenvalue weighted by Gasteiger charge is -2.27. The lowest BCUT2D eigenvalue weighted by atomic mass is 10.5. The first-order valence-electron chi connectivity index (χ1n) is 4.45. The first-order chi connectivity index (χ1) is 6.18. The van der Waals surface area contributed by atoms with Crippen molar-refractivity contribution in [2.45, 2.75) is 0 Å². The van der Waals surface area contributed by atoms with Gasteiger partial charge in [-0.3, -0.25) is 10.2 Å². The van der Waals surface area contributed by atoms with Crippen LogP contribution >= 0.6 is 0 Å². The number of hydrazine groups is 1. The molecule has 1 rings (SSSR count). The van der Waals surface area contributed by atoms with Crippen LogP contribution in [-0.2, 0) is 9.53 Å². The molecule has 1 fully saturated rings. The van der Waals surface area contributed by atoms with E-state index in [0.717, 1.165) is 13.1 Å². The summed E-state index contributed by atoms with van der Waals surface area (Å²) < 4.78 is 5.16. The lowest BCUT2D eigenvalue weighted by Crippen LogP contribution is -2.50. The molecule has 0 aromatic rings. The van der Waals surface area contributed by atoms with Crippen LogP contribution in [0.25, 0.3) is 0 Å². The fraction of sp³-hybridized carbons (Fsp3) is 0.875. The summed E-state index contributed by atoms with van der Waals surface area (Å²) in [4.78, 5) is 13.1. The molecular formula is C8H17N3O2. The van der Waals surface area contributed by atoms with E-state index < -0.39 is 0 Å². The smallest absolute Gasteiger partial charge is 0.248 e.